The van der Waals surface area contributed by atoms with Crippen LogP contribution in [0.2, 0.25) is 18.1 Å². The maximum absolute atomic E-state index is 11.7. The normalized spacial score (nSPS) is 16.0. The van der Waals surface area contributed by atoms with Gasteiger partial charge in [0, 0.05) is 6.61 Å². The van der Waals surface area contributed by atoms with E-state index in [4.69, 9.17) is 9.16 Å². The number of ether oxygens (including phenoxy) is 1. The number of unbranched alkanes of at least 4 members (excludes halogenated alkanes) is 4. The summed E-state index contributed by atoms with van der Waals surface area (Å²) in [5.74, 6) is -0.278. The molecule has 0 N–H and O–H groups in total. The van der Waals surface area contributed by atoms with Crippen LogP contribution >= 0.6 is 0 Å². The molecular formula is C18H33NO4Si. The van der Waals surface area contributed by atoms with Gasteiger partial charge < -0.3 is 9.16 Å². The Labute approximate surface area is 147 Å². The molecule has 1 fully saturated rings. The summed E-state index contributed by atoms with van der Waals surface area (Å²) < 4.78 is 10.9. The molecule has 2 amide bonds. The van der Waals surface area contributed by atoms with Gasteiger partial charge in [0.1, 0.15) is 6.61 Å². The van der Waals surface area contributed by atoms with E-state index >= 15 is 0 Å². The molecule has 1 aliphatic heterocycles. The number of nitrogens with zero attached hydrogens (tertiary/aromatic N) is 1. The summed E-state index contributed by atoms with van der Waals surface area (Å²) in [6.45, 7) is 12.8. The van der Waals surface area contributed by atoms with E-state index in [1.54, 1.807) is 0 Å². The Morgan fingerprint density at radius 2 is 1.92 bits per heavy atom. The van der Waals surface area contributed by atoms with Gasteiger partial charge in [0.05, 0.1) is 6.54 Å². The molecule has 0 aromatic heterocycles. The van der Waals surface area contributed by atoms with E-state index in [9.17, 15) is 9.59 Å². The molecule has 0 radical (unpaired) electrons. The molecule has 5 nitrogen and oxygen atoms in total. The smallest absolute Gasteiger partial charge is 0.416 e. The van der Waals surface area contributed by atoms with Gasteiger partial charge in [-0.15, -0.1) is 0 Å². The Balaban J connectivity index is 2.05. The fraction of sp³-hybridized carbons (Fsp3) is 0.778. The second kappa shape index (κ2) is 9.37. The molecule has 0 saturated carbocycles. The number of carbonyl (C=O) groups excluding carboxylic acids is 2. The Morgan fingerprint density at radius 3 is 2.50 bits per heavy atom. The fourth-order valence-corrected chi connectivity index (χ4v) is 3.22. The van der Waals surface area contributed by atoms with Crippen LogP contribution in [0.1, 0.15) is 52.9 Å². The highest BCUT2D eigenvalue weighted by molar-refractivity contribution is 6.74. The molecule has 24 heavy (non-hydrogen) atoms. The Kier molecular flexibility index (Phi) is 8.16. The molecule has 0 aromatic rings. The van der Waals surface area contributed by atoms with Gasteiger partial charge in [-0.2, -0.15) is 0 Å². The summed E-state index contributed by atoms with van der Waals surface area (Å²) in [6.07, 6.45) is 8.07. The first kappa shape index (κ1) is 20.9. The van der Waals surface area contributed by atoms with Crippen molar-refractivity contribution in [1.82, 2.24) is 4.90 Å². The Hall–Kier alpha value is -1.14. The molecule has 1 saturated heterocycles. The molecule has 138 valence electrons. The van der Waals surface area contributed by atoms with Crippen LogP contribution < -0.4 is 0 Å². The molecule has 0 aliphatic carbocycles. The van der Waals surface area contributed by atoms with E-state index < -0.39 is 14.4 Å². The van der Waals surface area contributed by atoms with Crippen molar-refractivity contribution in [2.45, 2.75) is 71.0 Å². The molecule has 0 aromatic carbocycles. The standard InChI is InChI=1S/C18H33NO4Si/c1-18(2,3)24(4,5)23-14-11-9-7-6-8-10-12-16(20)19-13-15-22-17(19)21/h10,12H,6-9,11,13-15H2,1-5H3/b12-10+. The van der Waals surface area contributed by atoms with E-state index in [2.05, 4.69) is 33.9 Å². The zero-order valence-corrected chi connectivity index (χ0v) is 16.9. The van der Waals surface area contributed by atoms with E-state index in [1.165, 1.54) is 6.08 Å². The van der Waals surface area contributed by atoms with Crippen LogP contribution in [0.3, 0.4) is 0 Å². The molecule has 0 atom stereocenters. The SMILES string of the molecule is CC(C)(C)[Si](C)(C)OCCCCCC/C=C/C(=O)N1CCOC1=O. The summed E-state index contributed by atoms with van der Waals surface area (Å²) in [7, 11) is -1.61. The predicted molar refractivity (Wildman–Crippen MR) is 98.4 cm³/mol. The van der Waals surface area contributed by atoms with Crippen molar-refractivity contribution in [2.75, 3.05) is 19.8 Å². The second-order valence-electron chi connectivity index (χ2n) is 7.82. The molecule has 0 unspecified atom stereocenters. The van der Waals surface area contributed by atoms with E-state index in [1.807, 2.05) is 6.08 Å². The highest BCUT2D eigenvalue weighted by Crippen LogP contribution is 2.36. The zero-order chi connectivity index (χ0) is 18.2. The first-order valence-corrected chi connectivity index (χ1v) is 11.8. The van der Waals surface area contributed by atoms with E-state index in [0.717, 1.165) is 43.6 Å². The Morgan fingerprint density at radius 1 is 1.25 bits per heavy atom. The summed E-state index contributed by atoms with van der Waals surface area (Å²) in [5, 5.41) is 0.270. The van der Waals surface area contributed by atoms with E-state index in [-0.39, 0.29) is 10.9 Å². The molecule has 1 aliphatic rings. The molecule has 1 rings (SSSR count). The largest absolute Gasteiger partial charge is 0.447 e. The van der Waals surface area contributed by atoms with Crippen LogP contribution in [0.25, 0.3) is 0 Å². The second-order valence-corrected chi connectivity index (χ2v) is 12.6. The van der Waals surface area contributed by atoms with Gasteiger partial charge >= 0.3 is 6.09 Å². The Bertz CT molecular complexity index is 454. The van der Waals surface area contributed by atoms with Crippen LogP contribution in [0.15, 0.2) is 12.2 Å². The number of allylic oxidation sites excluding steroid dienone is 1. The number of carbonyl (C=O) groups is 2. The van der Waals surface area contributed by atoms with Crippen molar-refractivity contribution in [3.8, 4) is 0 Å². The maximum atomic E-state index is 11.7. The summed E-state index contributed by atoms with van der Waals surface area (Å²) in [4.78, 5) is 24.1. The number of imide groups is 1. The number of hydrogen-bond acceptors (Lipinski definition) is 4. The van der Waals surface area contributed by atoms with Crippen molar-refractivity contribution < 1.29 is 18.8 Å². The van der Waals surface area contributed by atoms with Crippen LogP contribution in [0.4, 0.5) is 4.79 Å². The predicted octanol–water partition coefficient (Wildman–Crippen LogP) is 4.49. The van der Waals surface area contributed by atoms with E-state index in [0.29, 0.717) is 13.2 Å². The minimum Gasteiger partial charge on any atom is -0.447 e. The number of hydrogen-bond donors (Lipinski definition) is 0. The van der Waals surface area contributed by atoms with Crippen molar-refractivity contribution in [1.29, 1.82) is 0 Å². The van der Waals surface area contributed by atoms with Crippen molar-refractivity contribution in [2.24, 2.45) is 0 Å². The summed E-state index contributed by atoms with van der Waals surface area (Å²) in [5.41, 5.74) is 0. The molecule has 0 spiro atoms. The topological polar surface area (TPSA) is 55.8 Å². The molecular weight excluding hydrogens is 322 g/mol. The number of amides is 2. The molecule has 1 heterocycles. The quantitative estimate of drug-likeness (QED) is 0.347. The third-order valence-electron chi connectivity index (χ3n) is 4.82. The highest BCUT2D eigenvalue weighted by atomic mass is 28.4. The first-order valence-electron chi connectivity index (χ1n) is 8.94. The van der Waals surface area contributed by atoms with Crippen LogP contribution in [0.5, 0.6) is 0 Å². The minimum absolute atomic E-state index is 0.270. The van der Waals surface area contributed by atoms with Gasteiger partial charge in [-0.3, -0.25) is 4.79 Å². The van der Waals surface area contributed by atoms with Crippen molar-refractivity contribution >= 4 is 20.3 Å². The molecule has 6 heteroatoms. The lowest BCUT2D eigenvalue weighted by atomic mass is 10.1. The number of rotatable bonds is 9. The van der Waals surface area contributed by atoms with Gasteiger partial charge in [0.2, 0.25) is 0 Å². The van der Waals surface area contributed by atoms with Crippen molar-refractivity contribution in [3.63, 3.8) is 0 Å². The van der Waals surface area contributed by atoms with Crippen LogP contribution in [-0.2, 0) is 14.0 Å². The third-order valence-corrected chi connectivity index (χ3v) is 9.36. The zero-order valence-electron chi connectivity index (χ0n) is 15.9. The average molecular weight is 356 g/mol. The van der Waals surface area contributed by atoms with Gasteiger partial charge in [0.25, 0.3) is 5.91 Å². The molecule has 0 bridgehead atoms. The lowest BCUT2D eigenvalue weighted by Crippen LogP contribution is -2.40. The first-order chi connectivity index (χ1) is 11.1. The maximum Gasteiger partial charge on any atom is 0.416 e. The number of cyclic esters (lactones) is 1. The lowest BCUT2D eigenvalue weighted by molar-refractivity contribution is -0.122. The van der Waals surface area contributed by atoms with Gasteiger partial charge in [-0.1, -0.05) is 39.7 Å². The van der Waals surface area contributed by atoms with Crippen LogP contribution in [-0.4, -0.2) is 45.0 Å². The van der Waals surface area contributed by atoms with Gasteiger partial charge in [-0.05, 0) is 43.5 Å². The van der Waals surface area contributed by atoms with Gasteiger partial charge in [-0.25, -0.2) is 9.69 Å². The van der Waals surface area contributed by atoms with Crippen LogP contribution in [0, 0.1) is 0 Å². The minimum atomic E-state index is -1.61. The summed E-state index contributed by atoms with van der Waals surface area (Å²) in [6, 6.07) is 0. The van der Waals surface area contributed by atoms with Crippen molar-refractivity contribution in [3.05, 3.63) is 12.2 Å². The summed E-state index contributed by atoms with van der Waals surface area (Å²) >= 11 is 0. The fourth-order valence-electron chi connectivity index (χ4n) is 2.13. The highest BCUT2D eigenvalue weighted by Gasteiger charge is 2.36. The monoisotopic (exact) mass is 355 g/mol. The lowest BCUT2D eigenvalue weighted by Gasteiger charge is -2.36. The van der Waals surface area contributed by atoms with Gasteiger partial charge in [0.15, 0.2) is 8.32 Å². The average Bonchev–Trinajstić information content (AvgIpc) is 2.90. The third kappa shape index (κ3) is 6.77.